The predicted octanol–water partition coefficient (Wildman–Crippen LogP) is 5.82. The Bertz CT molecular complexity index is 1150. The molecule has 0 saturated heterocycles. The third kappa shape index (κ3) is 4.03. The summed E-state index contributed by atoms with van der Waals surface area (Å²) in [4.78, 5) is 22.1. The quantitative estimate of drug-likeness (QED) is 0.247. The summed E-state index contributed by atoms with van der Waals surface area (Å²) < 4.78 is 13.3. The Kier molecular flexibility index (Phi) is 5.59. The molecule has 2 heterocycles. The van der Waals surface area contributed by atoms with Crippen LogP contribution in [0.1, 0.15) is 16.9 Å². The van der Waals surface area contributed by atoms with Crippen LogP contribution in [0.15, 0.2) is 64.5 Å². The second-order valence-corrected chi connectivity index (χ2v) is 8.82. The highest BCUT2D eigenvalue weighted by Crippen LogP contribution is 2.36. The smallest absolute Gasteiger partial charge is 0.260 e. The van der Waals surface area contributed by atoms with Gasteiger partial charge in [0.25, 0.3) is 5.56 Å². The summed E-state index contributed by atoms with van der Waals surface area (Å²) in [6.45, 7) is 1.97. The van der Waals surface area contributed by atoms with Gasteiger partial charge in [-0.15, -0.1) is 11.3 Å². The number of nitrogens with zero attached hydrogens (tertiary/aromatic N) is 1. The number of thiophene rings is 1. The largest absolute Gasteiger partial charge is 0.301 e. The van der Waals surface area contributed by atoms with Gasteiger partial charge in [-0.1, -0.05) is 54.2 Å². The molecule has 0 bridgehead atoms. The van der Waals surface area contributed by atoms with Gasteiger partial charge in [-0.05, 0) is 43.0 Å². The van der Waals surface area contributed by atoms with E-state index in [0.717, 1.165) is 39.4 Å². The van der Waals surface area contributed by atoms with Crippen LogP contribution in [0.5, 0.6) is 0 Å². The lowest BCUT2D eigenvalue weighted by Crippen LogP contribution is -2.09. The normalized spacial score (nSPS) is 11.2. The molecular formula is C22H19FN2OS2. The Morgan fingerprint density at radius 2 is 1.86 bits per heavy atom. The van der Waals surface area contributed by atoms with Crippen LogP contribution in [0.4, 0.5) is 4.39 Å². The number of hydrogen-bond acceptors (Lipinski definition) is 4. The molecule has 4 rings (SSSR count). The number of halogens is 1. The summed E-state index contributed by atoms with van der Waals surface area (Å²) in [5.74, 6) is 0.598. The fourth-order valence-corrected chi connectivity index (χ4v) is 5.13. The number of nitrogens with one attached hydrogen (secondary N) is 1. The van der Waals surface area contributed by atoms with Crippen LogP contribution in [0, 0.1) is 12.7 Å². The van der Waals surface area contributed by atoms with Crippen LogP contribution < -0.4 is 5.56 Å². The molecular weight excluding hydrogens is 391 g/mol. The molecule has 0 atom stereocenters. The van der Waals surface area contributed by atoms with Crippen LogP contribution in [-0.2, 0) is 6.42 Å². The van der Waals surface area contributed by atoms with E-state index in [1.807, 2.05) is 25.1 Å². The summed E-state index contributed by atoms with van der Waals surface area (Å²) in [5.41, 5.74) is 2.85. The van der Waals surface area contributed by atoms with Gasteiger partial charge in [0.05, 0.1) is 5.39 Å². The van der Waals surface area contributed by atoms with Crippen molar-refractivity contribution in [1.82, 2.24) is 9.97 Å². The third-order valence-electron chi connectivity index (χ3n) is 4.54. The molecule has 0 fully saturated rings. The van der Waals surface area contributed by atoms with Crippen molar-refractivity contribution < 1.29 is 4.39 Å². The minimum atomic E-state index is -0.290. The number of hydrogen-bond donors (Lipinski definition) is 1. The van der Waals surface area contributed by atoms with Crippen LogP contribution in [0.25, 0.3) is 21.3 Å². The Morgan fingerprint density at radius 3 is 2.61 bits per heavy atom. The number of aromatic nitrogens is 2. The van der Waals surface area contributed by atoms with E-state index in [-0.39, 0.29) is 11.4 Å². The van der Waals surface area contributed by atoms with Crippen molar-refractivity contribution in [3.05, 3.63) is 81.2 Å². The number of aryl methyl sites for hydroxylation is 2. The topological polar surface area (TPSA) is 45.8 Å². The molecule has 3 nitrogen and oxygen atoms in total. The van der Waals surface area contributed by atoms with Crippen molar-refractivity contribution in [3.63, 3.8) is 0 Å². The highest BCUT2D eigenvalue weighted by molar-refractivity contribution is 7.99. The average molecular weight is 411 g/mol. The van der Waals surface area contributed by atoms with Crippen molar-refractivity contribution in [2.24, 2.45) is 0 Å². The highest BCUT2D eigenvalue weighted by Gasteiger charge is 2.16. The van der Waals surface area contributed by atoms with Gasteiger partial charge >= 0.3 is 0 Å². The summed E-state index contributed by atoms with van der Waals surface area (Å²) in [7, 11) is 0. The lowest BCUT2D eigenvalue weighted by molar-refractivity contribution is 0.628. The Morgan fingerprint density at radius 1 is 1.11 bits per heavy atom. The molecule has 0 radical (unpaired) electrons. The summed E-state index contributed by atoms with van der Waals surface area (Å²) in [6.07, 6.45) is 2.02. The van der Waals surface area contributed by atoms with Gasteiger partial charge in [0, 0.05) is 16.2 Å². The number of aromatic amines is 1. The zero-order valence-corrected chi connectivity index (χ0v) is 17.0. The van der Waals surface area contributed by atoms with E-state index in [2.05, 4.69) is 22.1 Å². The zero-order chi connectivity index (χ0) is 19.5. The molecule has 6 heteroatoms. The van der Waals surface area contributed by atoms with Crippen LogP contribution >= 0.6 is 23.1 Å². The molecule has 0 unspecified atom stereocenters. The maximum atomic E-state index is 13.3. The van der Waals surface area contributed by atoms with Crippen molar-refractivity contribution in [2.75, 3.05) is 5.75 Å². The van der Waals surface area contributed by atoms with E-state index >= 15 is 0 Å². The van der Waals surface area contributed by atoms with Gasteiger partial charge < -0.3 is 4.98 Å². The first-order valence-electron chi connectivity index (χ1n) is 9.08. The van der Waals surface area contributed by atoms with Gasteiger partial charge in [-0.3, -0.25) is 4.79 Å². The second-order valence-electron chi connectivity index (χ2n) is 6.53. The van der Waals surface area contributed by atoms with E-state index in [9.17, 15) is 9.18 Å². The molecule has 0 amide bonds. The van der Waals surface area contributed by atoms with E-state index < -0.39 is 0 Å². The zero-order valence-electron chi connectivity index (χ0n) is 15.4. The maximum Gasteiger partial charge on any atom is 0.260 e. The molecule has 0 aliphatic carbocycles. The molecule has 0 aliphatic rings. The standard InChI is InChI=1S/C22H19FN2OS2/c1-14-18(16-9-11-17(23)12-10-16)19-20(26)24-22(25-21(19)28-14)27-13-5-8-15-6-3-2-4-7-15/h2-4,6-7,9-12H,5,8,13H2,1H3,(H,24,25,26). The SMILES string of the molecule is Cc1sc2nc(SCCCc3ccccc3)[nH]c(=O)c2c1-c1ccc(F)cc1. The minimum Gasteiger partial charge on any atom is -0.301 e. The summed E-state index contributed by atoms with van der Waals surface area (Å²) >= 11 is 3.08. The monoisotopic (exact) mass is 410 g/mol. The molecule has 4 aromatic rings. The molecule has 0 saturated carbocycles. The second kappa shape index (κ2) is 8.29. The number of fused-ring (bicyclic) bond motifs is 1. The van der Waals surface area contributed by atoms with Crippen molar-refractivity contribution in [2.45, 2.75) is 24.9 Å². The van der Waals surface area contributed by atoms with E-state index in [1.54, 1.807) is 23.9 Å². The lowest BCUT2D eigenvalue weighted by Gasteiger charge is -2.04. The maximum absolute atomic E-state index is 13.3. The molecule has 0 aliphatic heterocycles. The van der Waals surface area contributed by atoms with Crippen LogP contribution in [0.3, 0.4) is 0 Å². The first kappa shape index (κ1) is 18.9. The van der Waals surface area contributed by atoms with Crippen molar-refractivity contribution in [1.29, 1.82) is 0 Å². The van der Waals surface area contributed by atoms with Gasteiger partial charge in [0.1, 0.15) is 10.6 Å². The first-order chi connectivity index (χ1) is 13.6. The number of rotatable bonds is 6. The van der Waals surface area contributed by atoms with E-state index in [4.69, 9.17) is 0 Å². The molecule has 0 spiro atoms. The molecule has 142 valence electrons. The Hall–Kier alpha value is -2.44. The molecule has 1 N–H and O–H groups in total. The fourth-order valence-electron chi connectivity index (χ4n) is 3.22. The third-order valence-corrected chi connectivity index (χ3v) is 6.50. The van der Waals surface area contributed by atoms with Crippen molar-refractivity contribution >= 4 is 33.3 Å². The Labute approximate surface area is 170 Å². The Balaban J connectivity index is 1.54. The van der Waals surface area contributed by atoms with Gasteiger partial charge in [0.2, 0.25) is 0 Å². The summed E-state index contributed by atoms with van der Waals surface area (Å²) in [6, 6.07) is 16.6. The van der Waals surface area contributed by atoms with Crippen LogP contribution in [0.2, 0.25) is 0 Å². The van der Waals surface area contributed by atoms with Crippen LogP contribution in [-0.4, -0.2) is 15.7 Å². The van der Waals surface area contributed by atoms with Gasteiger partial charge in [-0.2, -0.15) is 0 Å². The highest BCUT2D eigenvalue weighted by atomic mass is 32.2. The van der Waals surface area contributed by atoms with Gasteiger partial charge in [0.15, 0.2) is 5.16 Å². The van der Waals surface area contributed by atoms with Crippen molar-refractivity contribution in [3.8, 4) is 11.1 Å². The lowest BCUT2D eigenvalue weighted by atomic mass is 10.0. The van der Waals surface area contributed by atoms with Gasteiger partial charge in [-0.25, -0.2) is 9.37 Å². The average Bonchev–Trinajstić information content (AvgIpc) is 3.03. The first-order valence-corrected chi connectivity index (χ1v) is 10.9. The van der Waals surface area contributed by atoms with E-state index in [0.29, 0.717) is 10.5 Å². The molecule has 28 heavy (non-hydrogen) atoms. The van der Waals surface area contributed by atoms with E-state index in [1.165, 1.54) is 29.0 Å². The fraction of sp³-hybridized carbons (Fsp3) is 0.182. The molecule has 2 aromatic heterocycles. The minimum absolute atomic E-state index is 0.140. The molecule has 2 aromatic carbocycles. The number of H-pyrrole nitrogens is 1. The summed E-state index contributed by atoms with van der Waals surface area (Å²) in [5, 5.41) is 1.24. The number of benzene rings is 2. The number of thioether (sulfide) groups is 1. The predicted molar refractivity (Wildman–Crippen MR) is 116 cm³/mol.